The molecule has 3 nitrogen and oxygen atoms in total. The Balaban J connectivity index is 2.26. The van der Waals surface area contributed by atoms with Crippen molar-refractivity contribution < 1.29 is 13.9 Å². The molecule has 0 radical (unpaired) electrons. The quantitative estimate of drug-likeness (QED) is 0.700. The van der Waals surface area contributed by atoms with E-state index >= 15 is 0 Å². The van der Waals surface area contributed by atoms with Crippen LogP contribution in [0.25, 0.3) is 0 Å². The summed E-state index contributed by atoms with van der Waals surface area (Å²) in [6, 6.07) is -0.850. The molecule has 12 heavy (non-hydrogen) atoms. The van der Waals surface area contributed by atoms with Crippen molar-refractivity contribution in [1.29, 1.82) is 0 Å². The van der Waals surface area contributed by atoms with E-state index in [4.69, 9.17) is 5.11 Å². The summed E-state index contributed by atoms with van der Waals surface area (Å²) in [6.45, 7) is 1.58. The summed E-state index contributed by atoms with van der Waals surface area (Å²) in [7, 11) is 0. The molecule has 0 amide bonds. The van der Waals surface area contributed by atoms with Crippen molar-refractivity contribution >= 4 is 0 Å². The first-order valence-corrected chi connectivity index (χ1v) is 3.63. The van der Waals surface area contributed by atoms with Crippen molar-refractivity contribution in [3.8, 4) is 5.75 Å². The number of halogens is 2. The summed E-state index contributed by atoms with van der Waals surface area (Å²) in [5.74, 6) is -2.66. The molecule has 1 N–H and O–H groups in total. The SMILES string of the molecule is Cc1nn([C@@H]2CC2(F)F)cc1O. The minimum Gasteiger partial charge on any atom is -0.504 e. The standard InChI is InChI=1S/C7H8F2N2O/c1-4-5(12)3-11(10-4)6-2-7(6,8)9/h3,6,12H,2H2,1H3/t6-/m1/s1. The highest BCUT2D eigenvalue weighted by atomic mass is 19.3. The van der Waals surface area contributed by atoms with Crippen LogP contribution in [0.3, 0.4) is 0 Å². The van der Waals surface area contributed by atoms with E-state index in [1.165, 1.54) is 6.20 Å². The van der Waals surface area contributed by atoms with Gasteiger partial charge in [-0.15, -0.1) is 0 Å². The lowest BCUT2D eigenvalue weighted by Crippen LogP contribution is -2.02. The Morgan fingerprint density at radius 3 is 2.67 bits per heavy atom. The minimum absolute atomic E-state index is 0.0299. The van der Waals surface area contributed by atoms with Crippen LogP contribution < -0.4 is 0 Å². The maximum atomic E-state index is 12.5. The van der Waals surface area contributed by atoms with Crippen LogP contribution in [-0.4, -0.2) is 20.8 Å². The average molecular weight is 174 g/mol. The van der Waals surface area contributed by atoms with E-state index in [-0.39, 0.29) is 12.2 Å². The molecular weight excluding hydrogens is 166 g/mol. The van der Waals surface area contributed by atoms with E-state index in [0.717, 1.165) is 4.68 Å². The van der Waals surface area contributed by atoms with Gasteiger partial charge in [-0.3, -0.25) is 4.68 Å². The van der Waals surface area contributed by atoms with Gasteiger partial charge in [-0.05, 0) is 6.92 Å². The molecule has 1 fully saturated rings. The van der Waals surface area contributed by atoms with Gasteiger partial charge >= 0.3 is 0 Å². The second-order valence-electron chi connectivity index (χ2n) is 3.06. The van der Waals surface area contributed by atoms with Crippen LogP contribution >= 0.6 is 0 Å². The van der Waals surface area contributed by atoms with Crippen molar-refractivity contribution in [1.82, 2.24) is 9.78 Å². The fourth-order valence-electron chi connectivity index (χ4n) is 1.12. The zero-order valence-corrected chi connectivity index (χ0v) is 6.46. The molecule has 0 unspecified atom stereocenters. The molecule has 0 bridgehead atoms. The van der Waals surface area contributed by atoms with Gasteiger partial charge in [-0.25, -0.2) is 8.78 Å². The first kappa shape index (κ1) is 7.52. The molecule has 66 valence electrons. The lowest BCUT2D eigenvalue weighted by Gasteiger charge is -1.96. The van der Waals surface area contributed by atoms with Crippen molar-refractivity contribution in [2.45, 2.75) is 25.3 Å². The van der Waals surface area contributed by atoms with E-state index in [2.05, 4.69) is 5.10 Å². The predicted molar refractivity (Wildman–Crippen MR) is 37.2 cm³/mol. The van der Waals surface area contributed by atoms with E-state index in [0.29, 0.717) is 5.69 Å². The molecule has 1 heterocycles. The lowest BCUT2D eigenvalue weighted by molar-refractivity contribution is 0.0983. The molecule has 1 aromatic heterocycles. The Bertz CT molecular complexity index is 302. The maximum Gasteiger partial charge on any atom is 0.272 e. The highest BCUT2D eigenvalue weighted by molar-refractivity contribution is 5.22. The van der Waals surface area contributed by atoms with E-state index < -0.39 is 12.0 Å². The molecule has 1 atom stereocenters. The summed E-state index contributed by atoms with van der Waals surface area (Å²) >= 11 is 0. The zero-order valence-electron chi connectivity index (χ0n) is 6.46. The van der Waals surface area contributed by atoms with Gasteiger partial charge < -0.3 is 5.11 Å². The maximum absolute atomic E-state index is 12.5. The Kier molecular flexibility index (Phi) is 1.23. The third-order valence-corrected chi connectivity index (χ3v) is 2.00. The number of hydrogen-bond donors (Lipinski definition) is 1. The first-order chi connectivity index (χ1) is 5.50. The molecule has 2 rings (SSSR count). The van der Waals surface area contributed by atoms with Gasteiger partial charge in [0.1, 0.15) is 11.7 Å². The fraction of sp³-hybridized carbons (Fsp3) is 0.571. The zero-order chi connectivity index (χ0) is 8.93. The Morgan fingerprint density at radius 1 is 1.75 bits per heavy atom. The number of alkyl halides is 2. The first-order valence-electron chi connectivity index (χ1n) is 3.63. The minimum atomic E-state index is -2.63. The molecule has 0 spiro atoms. The van der Waals surface area contributed by atoms with Crippen LogP contribution in [0.1, 0.15) is 18.2 Å². The van der Waals surface area contributed by atoms with Gasteiger partial charge in [0.2, 0.25) is 0 Å². The van der Waals surface area contributed by atoms with Crippen molar-refractivity contribution in [2.24, 2.45) is 0 Å². The fourth-order valence-corrected chi connectivity index (χ4v) is 1.12. The molecule has 0 aromatic carbocycles. The van der Waals surface area contributed by atoms with Crippen LogP contribution in [0.5, 0.6) is 5.75 Å². The monoisotopic (exact) mass is 174 g/mol. The largest absolute Gasteiger partial charge is 0.504 e. The van der Waals surface area contributed by atoms with Gasteiger partial charge in [0.05, 0.1) is 6.20 Å². The van der Waals surface area contributed by atoms with Crippen molar-refractivity contribution in [2.75, 3.05) is 0 Å². The topological polar surface area (TPSA) is 38.0 Å². The van der Waals surface area contributed by atoms with Crippen LogP contribution in [0.4, 0.5) is 8.78 Å². The summed E-state index contributed by atoms with van der Waals surface area (Å²) in [4.78, 5) is 0. The highest BCUT2D eigenvalue weighted by Gasteiger charge is 2.59. The van der Waals surface area contributed by atoms with Crippen LogP contribution in [0.15, 0.2) is 6.20 Å². The predicted octanol–water partition coefficient (Wildman–Crippen LogP) is 1.48. The van der Waals surface area contributed by atoms with Crippen LogP contribution in [0.2, 0.25) is 0 Å². The number of aryl methyl sites for hydroxylation is 1. The normalized spacial score (nSPS) is 25.8. The van der Waals surface area contributed by atoms with Crippen LogP contribution in [-0.2, 0) is 0 Å². The van der Waals surface area contributed by atoms with Gasteiger partial charge in [0.25, 0.3) is 5.92 Å². The molecule has 1 saturated carbocycles. The van der Waals surface area contributed by atoms with Crippen LogP contribution in [0, 0.1) is 6.92 Å². The molecule has 1 aromatic rings. The number of rotatable bonds is 1. The third-order valence-electron chi connectivity index (χ3n) is 2.00. The summed E-state index contributed by atoms with van der Waals surface area (Å²) < 4.78 is 26.1. The van der Waals surface area contributed by atoms with Crippen molar-refractivity contribution in [3.05, 3.63) is 11.9 Å². The molecule has 0 saturated heterocycles. The molecule has 1 aliphatic carbocycles. The van der Waals surface area contributed by atoms with E-state index in [1.54, 1.807) is 6.92 Å². The Morgan fingerprint density at radius 2 is 2.33 bits per heavy atom. The third kappa shape index (κ3) is 0.964. The molecule has 1 aliphatic rings. The summed E-state index contributed by atoms with van der Waals surface area (Å²) in [5, 5.41) is 12.8. The number of aromatic hydroxyl groups is 1. The second-order valence-corrected chi connectivity index (χ2v) is 3.06. The molecule has 0 aliphatic heterocycles. The second kappa shape index (κ2) is 1.97. The highest BCUT2D eigenvalue weighted by Crippen LogP contribution is 2.52. The molecule has 5 heteroatoms. The van der Waals surface area contributed by atoms with E-state index in [1.807, 2.05) is 0 Å². The Labute approximate surface area is 67.6 Å². The van der Waals surface area contributed by atoms with E-state index in [9.17, 15) is 8.78 Å². The number of aromatic nitrogens is 2. The lowest BCUT2D eigenvalue weighted by atomic mass is 10.5. The number of nitrogens with zero attached hydrogens (tertiary/aromatic N) is 2. The van der Waals surface area contributed by atoms with Gasteiger partial charge in [-0.1, -0.05) is 0 Å². The van der Waals surface area contributed by atoms with Gasteiger partial charge in [0.15, 0.2) is 5.75 Å². The number of hydrogen-bond acceptors (Lipinski definition) is 2. The van der Waals surface area contributed by atoms with Crippen molar-refractivity contribution in [3.63, 3.8) is 0 Å². The average Bonchev–Trinajstić information content (AvgIpc) is 2.45. The smallest absolute Gasteiger partial charge is 0.272 e. The summed E-state index contributed by atoms with van der Waals surface area (Å²) in [5.41, 5.74) is 0.387. The summed E-state index contributed by atoms with van der Waals surface area (Å²) in [6.07, 6.45) is 1.06. The molecular formula is C7H8F2N2O. The van der Waals surface area contributed by atoms with Gasteiger partial charge in [-0.2, -0.15) is 5.10 Å². The van der Waals surface area contributed by atoms with Gasteiger partial charge in [0, 0.05) is 6.42 Å². The Hall–Kier alpha value is -1.13.